The van der Waals surface area contributed by atoms with Crippen LogP contribution in [0, 0.1) is 0 Å². The lowest BCUT2D eigenvalue weighted by atomic mass is 10.0. The molecule has 3 aromatic rings. The molecular weight excluding hydrogens is 602 g/mol. The number of nitrogens with one attached hydrogen (secondary N) is 2. The summed E-state index contributed by atoms with van der Waals surface area (Å²) in [7, 11) is 0. The van der Waals surface area contributed by atoms with Crippen molar-refractivity contribution in [3.05, 3.63) is 73.0 Å². The molecule has 37 heavy (non-hydrogen) atoms. The van der Waals surface area contributed by atoms with Gasteiger partial charge in [0.25, 0.3) is 0 Å². The number of carbonyl (C=O) groups is 1. The van der Waals surface area contributed by atoms with Crippen molar-refractivity contribution >= 4 is 48.7 Å². The number of halogens is 2. The van der Waals surface area contributed by atoms with Crippen LogP contribution >= 0.6 is 31.9 Å². The zero-order chi connectivity index (χ0) is 25.8. The average molecular weight is 633 g/mol. The van der Waals surface area contributed by atoms with Gasteiger partial charge in [-0.25, -0.2) is 0 Å². The van der Waals surface area contributed by atoms with E-state index in [9.17, 15) is 9.59 Å². The van der Waals surface area contributed by atoms with Crippen LogP contribution in [-0.4, -0.2) is 49.1 Å². The van der Waals surface area contributed by atoms with Crippen LogP contribution in [0.25, 0.3) is 11.0 Å². The highest BCUT2D eigenvalue weighted by Crippen LogP contribution is 2.29. The minimum Gasteiger partial charge on any atom is -0.489 e. The zero-order valence-corrected chi connectivity index (χ0v) is 23.8. The maximum absolute atomic E-state index is 12.7. The first kappa shape index (κ1) is 26.4. The molecule has 196 valence electrons. The van der Waals surface area contributed by atoms with Crippen molar-refractivity contribution in [1.29, 1.82) is 0 Å². The molecular formula is C28H31Br2N3O4. The maximum atomic E-state index is 12.7. The topological polar surface area (TPSA) is 83.8 Å². The van der Waals surface area contributed by atoms with Gasteiger partial charge in [0.2, 0.25) is 5.91 Å². The molecule has 1 amide bonds. The van der Waals surface area contributed by atoms with E-state index in [-0.39, 0.29) is 29.9 Å². The predicted molar refractivity (Wildman–Crippen MR) is 151 cm³/mol. The quantitative estimate of drug-likeness (QED) is 0.390. The second-order valence-corrected chi connectivity index (χ2v) is 11.6. The molecule has 9 heteroatoms. The third kappa shape index (κ3) is 7.02. The SMILES string of the molecule is O=C(Cc1cc(=O)c2cc(Br)ccc2o1)NC1CCN(Cc2ccc(OC3CCNCC3)c(Br)c2)CC1. The molecule has 7 nitrogen and oxygen atoms in total. The van der Waals surface area contributed by atoms with E-state index < -0.39 is 0 Å². The number of piperidine rings is 2. The second kappa shape index (κ2) is 12.1. The normalized spacial score (nSPS) is 17.7. The third-order valence-corrected chi connectivity index (χ3v) is 8.12. The summed E-state index contributed by atoms with van der Waals surface area (Å²) in [6.07, 6.45) is 4.18. The molecule has 0 radical (unpaired) electrons. The van der Waals surface area contributed by atoms with Crippen molar-refractivity contribution in [2.24, 2.45) is 0 Å². The van der Waals surface area contributed by atoms with Crippen molar-refractivity contribution in [1.82, 2.24) is 15.5 Å². The van der Waals surface area contributed by atoms with Crippen molar-refractivity contribution in [3.8, 4) is 5.75 Å². The first-order valence-electron chi connectivity index (χ1n) is 12.8. The molecule has 2 aliphatic heterocycles. The van der Waals surface area contributed by atoms with Gasteiger partial charge in [0, 0.05) is 36.2 Å². The Hall–Kier alpha value is -2.20. The van der Waals surface area contributed by atoms with Gasteiger partial charge in [0.05, 0.1) is 16.3 Å². The molecule has 0 bridgehead atoms. The van der Waals surface area contributed by atoms with E-state index in [1.54, 1.807) is 12.1 Å². The lowest BCUT2D eigenvalue weighted by Gasteiger charge is -2.32. The van der Waals surface area contributed by atoms with Gasteiger partial charge in [0.15, 0.2) is 5.43 Å². The van der Waals surface area contributed by atoms with E-state index in [0.717, 1.165) is 73.1 Å². The van der Waals surface area contributed by atoms with Gasteiger partial charge in [-0.15, -0.1) is 0 Å². The van der Waals surface area contributed by atoms with E-state index in [4.69, 9.17) is 9.15 Å². The largest absolute Gasteiger partial charge is 0.489 e. The minimum atomic E-state index is -0.142. The molecule has 3 heterocycles. The summed E-state index contributed by atoms with van der Waals surface area (Å²) in [5.74, 6) is 1.17. The summed E-state index contributed by atoms with van der Waals surface area (Å²) in [5, 5.41) is 6.99. The third-order valence-electron chi connectivity index (χ3n) is 7.01. The summed E-state index contributed by atoms with van der Waals surface area (Å²) >= 11 is 7.06. The van der Waals surface area contributed by atoms with Gasteiger partial charge in [0.1, 0.15) is 23.2 Å². The molecule has 2 fully saturated rings. The predicted octanol–water partition coefficient (Wildman–Crippen LogP) is 4.77. The molecule has 0 aliphatic carbocycles. The number of benzene rings is 2. The van der Waals surface area contributed by atoms with Crippen LogP contribution in [0.5, 0.6) is 5.75 Å². The zero-order valence-electron chi connectivity index (χ0n) is 20.6. The summed E-state index contributed by atoms with van der Waals surface area (Å²) in [6, 6.07) is 13.2. The number of hydrogen-bond donors (Lipinski definition) is 2. The van der Waals surface area contributed by atoms with E-state index in [2.05, 4.69) is 65.6 Å². The highest BCUT2D eigenvalue weighted by molar-refractivity contribution is 9.10. The van der Waals surface area contributed by atoms with Crippen molar-refractivity contribution < 1.29 is 13.9 Å². The fraction of sp³-hybridized carbons (Fsp3) is 0.429. The first-order chi connectivity index (χ1) is 17.9. The highest BCUT2D eigenvalue weighted by atomic mass is 79.9. The lowest BCUT2D eigenvalue weighted by molar-refractivity contribution is -0.121. The van der Waals surface area contributed by atoms with Crippen molar-refractivity contribution in [2.75, 3.05) is 26.2 Å². The van der Waals surface area contributed by atoms with Crippen LogP contribution in [-0.2, 0) is 17.8 Å². The Balaban J connectivity index is 1.09. The molecule has 0 saturated carbocycles. The van der Waals surface area contributed by atoms with Crippen molar-refractivity contribution in [3.63, 3.8) is 0 Å². The number of hydrogen-bond acceptors (Lipinski definition) is 6. The Labute approximate surface area is 233 Å². The Morgan fingerprint density at radius 2 is 1.84 bits per heavy atom. The smallest absolute Gasteiger partial charge is 0.227 e. The summed E-state index contributed by atoms with van der Waals surface area (Å²) in [6.45, 7) is 4.71. The number of nitrogens with zero attached hydrogens (tertiary/aromatic N) is 1. The number of ether oxygens (including phenoxy) is 1. The number of fused-ring (bicyclic) bond motifs is 1. The number of likely N-dealkylation sites (tertiary alicyclic amines) is 1. The van der Waals surface area contributed by atoms with Gasteiger partial charge >= 0.3 is 0 Å². The second-order valence-electron chi connectivity index (χ2n) is 9.84. The van der Waals surface area contributed by atoms with Gasteiger partial charge in [-0.3, -0.25) is 14.5 Å². The van der Waals surface area contributed by atoms with Crippen LogP contribution in [0.3, 0.4) is 0 Å². The summed E-state index contributed by atoms with van der Waals surface area (Å²) < 4.78 is 13.8. The van der Waals surface area contributed by atoms with Gasteiger partial charge in [-0.1, -0.05) is 22.0 Å². The Morgan fingerprint density at radius 3 is 2.59 bits per heavy atom. The van der Waals surface area contributed by atoms with E-state index >= 15 is 0 Å². The van der Waals surface area contributed by atoms with Crippen molar-refractivity contribution in [2.45, 2.75) is 50.8 Å². The molecule has 2 aromatic carbocycles. The molecule has 2 N–H and O–H groups in total. The van der Waals surface area contributed by atoms with Crippen LogP contribution in [0.1, 0.15) is 37.0 Å². The number of rotatable bonds is 7. The fourth-order valence-electron chi connectivity index (χ4n) is 5.03. The molecule has 5 rings (SSSR count). The van der Waals surface area contributed by atoms with E-state index in [1.807, 2.05) is 6.07 Å². The summed E-state index contributed by atoms with van der Waals surface area (Å²) in [4.78, 5) is 27.5. The van der Waals surface area contributed by atoms with Gasteiger partial charge in [-0.05, 0) is 90.6 Å². The summed E-state index contributed by atoms with van der Waals surface area (Å²) in [5.41, 5.74) is 1.59. The maximum Gasteiger partial charge on any atom is 0.227 e. The Bertz CT molecular complexity index is 1310. The van der Waals surface area contributed by atoms with Crippen LogP contribution in [0.15, 0.2) is 60.6 Å². The van der Waals surface area contributed by atoms with Crippen LogP contribution < -0.4 is 20.8 Å². The Kier molecular flexibility index (Phi) is 8.64. The lowest BCUT2D eigenvalue weighted by Crippen LogP contribution is -2.44. The van der Waals surface area contributed by atoms with Crippen LogP contribution in [0.4, 0.5) is 0 Å². The molecule has 2 saturated heterocycles. The molecule has 0 spiro atoms. The monoisotopic (exact) mass is 631 g/mol. The van der Waals surface area contributed by atoms with E-state index in [1.165, 1.54) is 11.6 Å². The minimum absolute atomic E-state index is 0.0568. The Morgan fingerprint density at radius 1 is 1.05 bits per heavy atom. The first-order valence-corrected chi connectivity index (χ1v) is 14.4. The van der Waals surface area contributed by atoms with Gasteiger partial charge < -0.3 is 19.8 Å². The number of amides is 1. The van der Waals surface area contributed by atoms with E-state index in [0.29, 0.717) is 16.7 Å². The van der Waals surface area contributed by atoms with Crippen LogP contribution in [0.2, 0.25) is 0 Å². The molecule has 0 atom stereocenters. The molecule has 0 unspecified atom stereocenters. The average Bonchev–Trinajstić information content (AvgIpc) is 2.88. The highest BCUT2D eigenvalue weighted by Gasteiger charge is 2.22. The fourth-order valence-corrected chi connectivity index (χ4v) is 5.91. The standard InChI is InChI=1S/C28H31Br2N3O4/c29-19-2-4-26-23(14-19)25(34)15-22(37-26)16-28(35)32-20-7-11-33(12-8-20)17-18-1-3-27(24(30)13-18)36-21-5-9-31-10-6-21/h1-4,13-15,20-21,31H,5-12,16-17H2,(H,32,35). The number of carbonyl (C=O) groups excluding carboxylic acids is 1. The molecule has 1 aromatic heterocycles. The van der Waals surface area contributed by atoms with Gasteiger partial charge in [-0.2, -0.15) is 0 Å². The molecule has 2 aliphatic rings.